The highest BCUT2D eigenvalue weighted by Gasteiger charge is 2.13. The van der Waals surface area contributed by atoms with Crippen LogP contribution in [-0.4, -0.2) is 28.2 Å². The number of fused-ring (bicyclic) bond motifs is 1. The van der Waals surface area contributed by atoms with Crippen molar-refractivity contribution in [2.24, 2.45) is 0 Å². The van der Waals surface area contributed by atoms with Crippen LogP contribution in [0.25, 0.3) is 11.0 Å². The molecule has 0 unspecified atom stereocenters. The zero-order valence-electron chi connectivity index (χ0n) is 11.8. The summed E-state index contributed by atoms with van der Waals surface area (Å²) >= 11 is 5.27. The molecule has 0 saturated carbocycles. The van der Waals surface area contributed by atoms with Gasteiger partial charge in [-0.2, -0.15) is 0 Å². The van der Waals surface area contributed by atoms with Crippen molar-refractivity contribution in [2.75, 3.05) is 6.61 Å². The molecule has 0 bridgehead atoms. The van der Waals surface area contributed by atoms with E-state index < -0.39 is 0 Å². The number of hydrogen-bond acceptors (Lipinski definition) is 4. The third-order valence-corrected chi connectivity index (χ3v) is 3.05. The molecule has 0 fully saturated rings. The molecular formula is C14H18N2O3S. The molecule has 0 aliphatic rings. The van der Waals surface area contributed by atoms with Gasteiger partial charge in [0.1, 0.15) is 17.8 Å². The molecule has 0 aliphatic heterocycles. The second-order valence-electron chi connectivity index (χ2n) is 4.64. The van der Waals surface area contributed by atoms with Gasteiger partial charge in [0, 0.05) is 0 Å². The Bertz CT molecular complexity index is 673. The van der Waals surface area contributed by atoms with Crippen LogP contribution in [0, 0.1) is 4.77 Å². The van der Waals surface area contributed by atoms with Crippen LogP contribution in [-0.2, 0) is 16.1 Å². The number of rotatable bonds is 5. The Morgan fingerprint density at radius 3 is 2.85 bits per heavy atom. The Morgan fingerprint density at radius 1 is 1.45 bits per heavy atom. The molecule has 1 aromatic carbocycles. The van der Waals surface area contributed by atoms with Crippen LogP contribution in [0.4, 0.5) is 0 Å². The van der Waals surface area contributed by atoms with Gasteiger partial charge in [-0.05, 0) is 45.1 Å². The Kier molecular flexibility index (Phi) is 4.44. The molecule has 0 radical (unpaired) electrons. The third kappa shape index (κ3) is 3.01. The van der Waals surface area contributed by atoms with E-state index in [4.69, 9.17) is 21.7 Å². The van der Waals surface area contributed by atoms with E-state index >= 15 is 0 Å². The largest absolute Gasteiger partial charge is 0.489 e. The topological polar surface area (TPSA) is 56.2 Å². The number of carbonyl (C=O) groups excluding carboxylic acids is 1. The van der Waals surface area contributed by atoms with Crippen LogP contribution in [0.3, 0.4) is 0 Å². The van der Waals surface area contributed by atoms with E-state index in [1.165, 1.54) is 0 Å². The van der Waals surface area contributed by atoms with Gasteiger partial charge in [-0.1, -0.05) is 6.07 Å². The first-order valence-corrected chi connectivity index (χ1v) is 6.97. The van der Waals surface area contributed by atoms with E-state index in [-0.39, 0.29) is 18.6 Å². The summed E-state index contributed by atoms with van der Waals surface area (Å²) in [6.45, 7) is 6.15. The molecule has 20 heavy (non-hydrogen) atoms. The highest BCUT2D eigenvalue weighted by Crippen LogP contribution is 2.25. The van der Waals surface area contributed by atoms with Gasteiger partial charge in [-0.25, -0.2) is 0 Å². The average Bonchev–Trinajstić information content (AvgIpc) is 2.67. The van der Waals surface area contributed by atoms with Crippen LogP contribution in [0.1, 0.15) is 20.8 Å². The van der Waals surface area contributed by atoms with Crippen molar-refractivity contribution >= 4 is 29.2 Å². The van der Waals surface area contributed by atoms with Crippen molar-refractivity contribution < 1.29 is 14.3 Å². The van der Waals surface area contributed by atoms with Gasteiger partial charge >= 0.3 is 5.97 Å². The number of para-hydroxylation sites is 1. The summed E-state index contributed by atoms with van der Waals surface area (Å²) in [6, 6.07) is 5.65. The molecule has 0 spiro atoms. The van der Waals surface area contributed by atoms with Crippen LogP contribution >= 0.6 is 12.2 Å². The molecule has 1 heterocycles. The minimum absolute atomic E-state index is 0.0657. The van der Waals surface area contributed by atoms with Crippen molar-refractivity contribution in [3.8, 4) is 5.75 Å². The zero-order valence-corrected chi connectivity index (χ0v) is 12.6. The molecule has 1 aromatic heterocycles. The third-order valence-electron chi connectivity index (χ3n) is 2.73. The maximum absolute atomic E-state index is 11.6. The first kappa shape index (κ1) is 14.6. The minimum Gasteiger partial charge on any atom is -0.489 e. The molecule has 0 atom stereocenters. The number of imidazole rings is 1. The number of esters is 1. The fourth-order valence-corrected chi connectivity index (χ4v) is 2.26. The molecule has 0 amide bonds. The number of benzene rings is 1. The van der Waals surface area contributed by atoms with Crippen molar-refractivity contribution in [2.45, 2.75) is 33.4 Å². The smallest absolute Gasteiger partial charge is 0.326 e. The fourth-order valence-electron chi connectivity index (χ4n) is 2.00. The summed E-state index contributed by atoms with van der Waals surface area (Å²) in [6.07, 6.45) is 0.0657. The van der Waals surface area contributed by atoms with Crippen LogP contribution < -0.4 is 4.74 Å². The summed E-state index contributed by atoms with van der Waals surface area (Å²) in [5, 5.41) is 0. The van der Waals surface area contributed by atoms with Crippen molar-refractivity contribution in [1.29, 1.82) is 0 Å². The van der Waals surface area contributed by atoms with E-state index in [0.29, 0.717) is 11.4 Å². The summed E-state index contributed by atoms with van der Waals surface area (Å²) < 4.78 is 12.9. The fraction of sp³-hybridized carbons (Fsp3) is 0.429. The van der Waals surface area contributed by atoms with Crippen molar-refractivity contribution in [3.05, 3.63) is 23.0 Å². The molecule has 1 N–H and O–H groups in total. The van der Waals surface area contributed by atoms with E-state index in [1.807, 2.05) is 32.0 Å². The molecule has 6 heteroatoms. The van der Waals surface area contributed by atoms with E-state index in [1.54, 1.807) is 11.5 Å². The number of aromatic amines is 1. The lowest BCUT2D eigenvalue weighted by Gasteiger charge is -2.10. The molecule has 2 rings (SSSR count). The van der Waals surface area contributed by atoms with Gasteiger partial charge in [0.2, 0.25) is 0 Å². The zero-order chi connectivity index (χ0) is 14.7. The Hall–Kier alpha value is -1.82. The normalized spacial score (nSPS) is 11.0. The number of nitrogens with one attached hydrogen (secondary N) is 1. The van der Waals surface area contributed by atoms with Gasteiger partial charge in [0.05, 0.1) is 18.2 Å². The van der Waals surface area contributed by atoms with Crippen molar-refractivity contribution in [1.82, 2.24) is 9.55 Å². The monoisotopic (exact) mass is 294 g/mol. The molecular weight excluding hydrogens is 276 g/mol. The maximum atomic E-state index is 11.6. The number of nitrogens with zero attached hydrogens (tertiary/aromatic N) is 1. The van der Waals surface area contributed by atoms with Crippen LogP contribution in [0.5, 0.6) is 5.75 Å². The van der Waals surface area contributed by atoms with Crippen LogP contribution in [0.15, 0.2) is 18.2 Å². The average molecular weight is 294 g/mol. The quantitative estimate of drug-likeness (QED) is 0.680. The Morgan fingerprint density at radius 2 is 2.20 bits per heavy atom. The minimum atomic E-state index is -0.306. The van der Waals surface area contributed by atoms with Gasteiger partial charge in [0.15, 0.2) is 4.77 Å². The van der Waals surface area contributed by atoms with Crippen molar-refractivity contribution in [3.63, 3.8) is 0 Å². The molecule has 2 aromatic rings. The first-order valence-electron chi connectivity index (χ1n) is 6.56. The predicted octanol–water partition coefficient (Wildman–Crippen LogP) is 3.05. The molecule has 0 aliphatic carbocycles. The van der Waals surface area contributed by atoms with Gasteiger partial charge < -0.3 is 19.0 Å². The number of carbonyl (C=O) groups is 1. The van der Waals surface area contributed by atoms with E-state index in [0.717, 1.165) is 16.8 Å². The highest BCUT2D eigenvalue weighted by molar-refractivity contribution is 7.71. The number of hydrogen-bond donors (Lipinski definition) is 1. The molecule has 0 saturated heterocycles. The molecule has 108 valence electrons. The molecule has 5 nitrogen and oxygen atoms in total. The summed E-state index contributed by atoms with van der Waals surface area (Å²) in [5.41, 5.74) is 1.64. The maximum Gasteiger partial charge on any atom is 0.326 e. The van der Waals surface area contributed by atoms with E-state index in [9.17, 15) is 4.79 Å². The standard InChI is InChI=1S/C14H18N2O3S/c1-4-18-12(17)8-16-10-6-5-7-11(19-9(2)3)13(10)15-14(16)20/h5-7,9H,4,8H2,1-3H3,(H,15,20). The van der Waals surface area contributed by atoms with Crippen LogP contribution in [0.2, 0.25) is 0 Å². The second kappa shape index (κ2) is 6.09. The predicted molar refractivity (Wildman–Crippen MR) is 79.5 cm³/mol. The number of ether oxygens (including phenoxy) is 2. The van der Waals surface area contributed by atoms with Gasteiger partial charge in [-0.3, -0.25) is 4.79 Å². The Balaban J connectivity index is 2.44. The van der Waals surface area contributed by atoms with Gasteiger partial charge in [-0.15, -0.1) is 0 Å². The Labute approximate surface area is 122 Å². The SMILES string of the molecule is CCOC(=O)Cn1c(=S)[nH]c2c(OC(C)C)cccc21. The summed E-state index contributed by atoms with van der Waals surface area (Å²) in [5.74, 6) is 0.422. The first-order chi connectivity index (χ1) is 9.52. The highest BCUT2D eigenvalue weighted by atomic mass is 32.1. The lowest BCUT2D eigenvalue weighted by molar-refractivity contribution is -0.143. The van der Waals surface area contributed by atoms with E-state index in [2.05, 4.69) is 4.98 Å². The number of aromatic nitrogens is 2. The number of H-pyrrole nitrogens is 1. The lowest BCUT2D eigenvalue weighted by atomic mass is 10.3. The summed E-state index contributed by atoms with van der Waals surface area (Å²) in [7, 11) is 0. The second-order valence-corrected chi connectivity index (χ2v) is 5.02. The lowest BCUT2D eigenvalue weighted by Crippen LogP contribution is -2.13. The summed E-state index contributed by atoms with van der Waals surface area (Å²) in [4.78, 5) is 14.7. The van der Waals surface area contributed by atoms with Gasteiger partial charge in [0.25, 0.3) is 0 Å².